The topological polar surface area (TPSA) is 83.1 Å². The van der Waals surface area contributed by atoms with Crippen molar-refractivity contribution in [3.05, 3.63) is 71.8 Å². The first kappa shape index (κ1) is 22.9. The number of halogens is 3. The molecule has 1 aliphatic heterocycles. The number of ether oxygens (including phenoxy) is 1. The summed E-state index contributed by atoms with van der Waals surface area (Å²) in [7, 11) is 0. The predicted octanol–water partition coefficient (Wildman–Crippen LogP) is 4.72. The smallest absolute Gasteiger partial charge is 0.264 e. The van der Waals surface area contributed by atoms with E-state index < -0.39 is 17.8 Å². The molecule has 7 nitrogen and oxygen atoms in total. The minimum atomic E-state index is -2.87. The lowest BCUT2D eigenvalue weighted by Gasteiger charge is -2.29. The maximum atomic E-state index is 13.6. The van der Waals surface area contributed by atoms with Crippen LogP contribution in [0.15, 0.2) is 54.9 Å². The summed E-state index contributed by atoms with van der Waals surface area (Å²) in [5, 5.41) is 2.81. The molecule has 0 aliphatic carbocycles. The molecule has 0 atom stereocenters. The number of carbonyl (C=O) groups excluding carboxylic acids is 1. The molecule has 0 bridgehead atoms. The Hall–Kier alpha value is -3.92. The fourth-order valence-corrected chi connectivity index (χ4v) is 4.18. The van der Waals surface area contributed by atoms with Crippen LogP contribution in [-0.2, 0) is 16.0 Å². The number of hydrogen-bond acceptors (Lipinski definition) is 5. The van der Waals surface area contributed by atoms with Crippen molar-refractivity contribution in [1.29, 1.82) is 0 Å². The number of alkyl halides is 2. The van der Waals surface area contributed by atoms with Crippen molar-refractivity contribution in [3.8, 4) is 11.4 Å². The number of amides is 1. The number of hydrogen-bond donors (Lipinski definition) is 2. The van der Waals surface area contributed by atoms with Crippen LogP contribution >= 0.6 is 0 Å². The molecule has 1 aliphatic rings. The highest BCUT2D eigenvalue weighted by Gasteiger charge is 2.21. The Balaban J connectivity index is 1.56. The molecular weight excluding hydrogens is 459 g/mol. The van der Waals surface area contributed by atoms with E-state index in [0.717, 1.165) is 17.8 Å². The van der Waals surface area contributed by atoms with Crippen LogP contribution in [0.25, 0.3) is 22.4 Å². The van der Waals surface area contributed by atoms with Gasteiger partial charge in [0.1, 0.15) is 11.6 Å². The molecule has 1 fully saturated rings. The molecule has 2 N–H and O–H groups in total. The first-order valence-electron chi connectivity index (χ1n) is 11.1. The molecule has 0 spiro atoms. The van der Waals surface area contributed by atoms with Crippen molar-refractivity contribution >= 4 is 28.3 Å². The van der Waals surface area contributed by atoms with Gasteiger partial charge in [0.15, 0.2) is 0 Å². The largest absolute Gasteiger partial charge is 0.378 e. The number of aromatic nitrogens is 3. The van der Waals surface area contributed by atoms with Gasteiger partial charge in [-0.05, 0) is 48.0 Å². The van der Waals surface area contributed by atoms with E-state index in [1.165, 1.54) is 6.07 Å². The first-order chi connectivity index (χ1) is 17.0. The number of H-pyrrole nitrogens is 1. The van der Waals surface area contributed by atoms with Crippen molar-refractivity contribution in [2.24, 2.45) is 0 Å². The van der Waals surface area contributed by atoms with Crippen molar-refractivity contribution in [1.82, 2.24) is 15.0 Å². The summed E-state index contributed by atoms with van der Waals surface area (Å²) in [5.74, 6) is -0.830. The molecule has 2 aromatic carbocycles. The van der Waals surface area contributed by atoms with E-state index in [0.29, 0.717) is 48.6 Å². The van der Waals surface area contributed by atoms with Gasteiger partial charge in [-0.25, -0.2) is 18.2 Å². The van der Waals surface area contributed by atoms with Crippen molar-refractivity contribution < 1.29 is 22.7 Å². The summed E-state index contributed by atoms with van der Waals surface area (Å²) in [6.45, 7) is 2.52. The predicted molar refractivity (Wildman–Crippen MR) is 126 cm³/mol. The summed E-state index contributed by atoms with van der Waals surface area (Å²) >= 11 is 0. The quantitative estimate of drug-likeness (QED) is 0.417. The van der Waals surface area contributed by atoms with E-state index >= 15 is 0 Å². The zero-order valence-corrected chi connectivity index (χ0v) is 18.6. The molecule has 35 heavy (non-hydrogen) atoms. The van der Waals surface area contributed by atoms with Gasteiger partial charge in [-0.2, -0.15) is 0 Å². The number of carbonyl (C=O) groups is 1. The van der Waals surface area contributed by atoms with Crippen LogP contribution < -0.4 is 10.2 Å². The Bertz CT molecular complexity index is 1350. The summed E-state index contributed by atoms with van der Waals surface area (Å²) in [4.78, 5) is 26.6. The number of anilines is 2. The highest BCUT2D eigenvalue weighted by molar-refractivity contribution is 5.96. The third-order valence-corrected chi connectivity index (χ3v) is 5.83. The number of aromatic amines is 1. The Kier molecular flexibility index (Phi) is 6.37. The van der Waals surface area contributed by atoms with Crippen LogP contribution in [0.2, 0.25) is 0 Å². The monoisotopic (exact) mass is 481 g/mol. The fourth-order valence-electron chi connectivity index (χ4n) is 4.18. The third-order valence-electron chi connectivity index (χ3n) is 5.83. The number of pyridine rings is 1. The van der Waals surface area contributed by atoms with E-state index in [-0.39, 0.29) is 23.7 Å². The summed E-state index contributed by atoms with van der Waals surface area (Å²) < 4.78 is 46.3. The Morgan fingerprint density at radius 2 is 2.00 bits per heavy atom. The summed E-state index contributed by atoms with van der Waals surface area (Å²) in [5.41, 5.74) is 2.81. The maximum Gasteiger partial charge on any atom is 0.264 e. The zero-order chi connectivity index (χ0) is 24.4. The summed E-state index contributed by atoms with van der Waals surface area (Å²) in [6.07, 6.45) is 0.297. The Morgan fingerprint density at radius 1 is 1.17 bits per heavy atom. The Morgan fingerprint density at radius 3 is 2.74 bits per heavy atom. The second-order valence-electron chi connectivity index (χ2n) is 8.18. The minimum Gasteiger partial charge on any atom is -0.378 e. The van der Waals surface area contributed by atoms with Crippen LogP contribution in [0.1, 0.15) is 17.6 Å². The number of morpholine rings is 1. The third kappa shape index (κ3) is 4.97. The van der Waals surface area contributed by atoms with Crippen molar-refractivity contribution in [2.75, 3.05) is 36.5 Å². The van der Waals surface area contributed by atoms with Crippen molar-refractivity contribution in [3.63, 3.8) is 0 Å². The van der Waals surface area contributed by atoms with Gasteiger partial charge < -0.3 is 19.9 Å². The lowest BCUT2D eigenvalue weighted by Crippen LogP contribution is -2.36. The van der Waals surface area contributed by atoms with E-state index in [4.69, 9.17) is 4.74 Å². The number of fused-ring (bicyclic) bond motifs is 1. The second kappa shape index (κ2) is 9.75. The van der Waals surface area contributed by atoms with Gasteiger partial charge in [-0.15, -0.1) is 0 Å². The number of benzene rings is 2. The normalized spacial score (nSPS) is 14.0. The summed E-state index contributed by atoms with van der Waals surface area (Å²) in [6, 6.07) is 10.4. The lowest BCUT2D eigenvalue weighted by molar-refractivity contribution is -0.115. The minimum absolute atomic E-state index is 0.0129. The van der Waals surface area contributed by atoms with Gasteiger partial charge in [-0.3, -0.25) is 9.78 Å². The van der Waals surface area contributed by atoms with Gasteiger partial charge in [0, 0.05) is 36.1 Å². The molecule has 0 unspecified atom stereocenters. The van der Waals surface area contributed by atoms with E-state index in [2.05, 4.69) is 25.2 Å². The van der Waals surface area contributed by atoms with Crippen LogP contribution in [0, 0.1) is 5.82 Å². The molecule has 0 radical (unpaired) electrons. The van der Waals surface area contributed by atoms with Gasteiger partial charge >= 0.3 is 0 Å². The zero-order valence-electron chi connectivity index (χ0n) is 18.6. The average molecular weight is 481 g/mol. The molecule has 1 amide bonds. The molecule has 4 aromatic rings. The van der Waals surface area contributed by atoms with Crippen LogP contribution in [-0.4, -0.2) is 47.2 Å². The molecule has 5 rings (SSSR count). The standard InChI is InChI=1S/C25H22F3N5O2/c26-16-3-4-19(20(12-16)24(27)28)25-31-21-13-18(33-6-8-35-9-7-33)10-15(23(21)32-25)11-22(34)30-17-2-1-5-29-14-17/h1-5,10,12-14,24H,6-9,11H2,(H,30,34)(H,31,32). The second-order valence-corrected chi connectivity index (χ2v) is 8.18. The molecule has 1 saturated heterocycles. The van der Waals surface area contributed by atoms with Gasteiger partial charge in [0.05, 0.1) is 42.6 Å². The van der Waals surface area contributed by atoms with E-state index in [1.54, 1.807) is 24.5 Å². The van der Waals surface area contributed by atoms with Gasteiger partial charge in [0.25, 0.3) is 6.43 Å². The molecule has 0 saturated carbocycles. The highest BCUT2D eigenvalue weighted by atomic mass is 19.3. The first-order valence-corrected chi connectivity index (χ1v) is 11.1. The fraction of sp³-hybridized carbons (Fsp3) is 0.240. The highest BCUT2D eigenvalue weighted by Crippen LogP contribution is 2.33. The lowest BCUT2D eigenvalue weighted by atomic mass is 10.1. The van der Waals surface area contributed by atoms with Crippen LogP contribution in [0.5, 0.6) is 0 Å². The van der Waals surface area contributed by atoms with E-state index in [9.17, 15) is 18.0 Å². The average Bonchev–Trinajstić information content (AvgIpc) is 3.29. The van der Waals surface area contributed by atoms with Gasteiger partial charge in [-0.1, -0.05) is 0 Å². The SMILES string of the molecule is O=C(Cc1cc(N2CCOCC2)cc2[nH]c(-c3ccc(F)cc3C(F)F)nc12)Nc1cccnc1. The number of rotatable bonds is 6. The number of nitrogens with one attached hydrogen (secondary N) is 2. The van der Waals surface area contributed by atoms with Crippen molar-refractivity contribution in [2.45, 2.75) is 12.8 Å². The van der Waals surface area contributed by atoms with E-state index in [1.807, 2.05) is 12.1 Å². The number of nitrogens with zero attached hydrogens (tertiary/aromatic N) is 3. The van der Waals surface area contributed by atoms with Gasteiger partial charge in [0.2, 0.25) is 5.91 Å². The van der Waals surface area contributed by atoms with Crippen LogP contribution in [0.3, 0.4) is 0 Å². The Labute approximate surface area is 199 Å². The molecule has 180 valence electrons. The molecular formula is C25H22F3N5O2. The molecule has 10 heteroatoms. The maximum absolute atomic E-state index is 13.6. The molecule has 3 heterocycles. The van der Waals surface area contributed by atoms with Crippen LogP contribution in [0.4, 0.5) is 24.5 Å². The molecule has 2 aromatic heterocycles. The number of imidazole rings is 1.